The minimum absolute atomic E-state index is 0.0697. The van der Waals surface area contributed by atoms with Crippen LogP contribution in [0.15, 0.2) is 54.2 Å². The number of allylic oxidation sites excluding steroid dienone is 1. The summed E-state index contributed by atoms with van der Waals surface area (Å²) >= 11 is 0. The van der Waals surface area contributed by atoms with E-state index in [1.165, 1.54) is 6.20 Å². The van der Waals surface area contributed by atoms with Crippen LogP contribution >= 0.6 is 0 Å². The first kappa shape index (κ1) is 16.8. The highest BCUT2D eigenvalue weighted by Crippen LogP contribution is 2.21. The number of rotatable bonds is 4. The fraction of sp³-hybridized carbons (Fsp3) is 0.105. The molecule has 118 valence electrons. The first-order valence-corrected chi connectivity index (χ1v) is 7.30. The second kappa shape index (κ2) is 7.62. The number of carbonyl (C=O) groups excluding carboxylic acids is 1. The van der Waals surface area contributed by atoms with Gasteiger partial charge in [-0.3, -0.25) is 4.79 Å². The lowest BCUT2D eigenvalue weighted by atomic mass is 10.1. The van der Waals surface area contributed by atoms with Crippen molar-refractivity contribution in [3.05, 3.63) is 70.9 Å². The fourth-order valence-electron chi connectivity index (χ4n) is 2.12. The molecule has 0 fully saturated rings. The minimum atomic E-state index is -0.268. The fourth-order valence-corrected chi connectivity index (χ4v) is 2.12. The summed E-state index contributed by atoms with van der Waals surface area (Å²) in [5.74, 6) is -0.268. The monoisotopic (exact) mass is 316 g/mol. The van der Waals surface area contributed by atoms with Gasteiger partial charge in [-0.25, -0.2) is 0 Å². The van der Waals surface area contributed by atoms with Gasteiger partial charge in [0.15, 0.2) is 0 Å². The Kier molecular flexibility index (Phi) is 5.33. The number of hydrogen-bond acceptors (Lipinski definition) is 4. The van der Waals surface area contributed by atoms with Crippen LogP contribution in [0.2, 0.25) is 0 Å². The molecule has 0 bridgehead atoms. The summed E-state index contributed by atoms with van der Waals surface area (Å²) < 4.78 is 0. The number of nitrogens with one attached hydrogen (secondary N) is 2. The molecule has 0 aliphatic carbocycles. The molecule has 2 rings (SSSR count). The molecule has 2 N–H and O–H groups in total. The molecule has 0 saturated heterocycles. The molecule has 0 spiro atoms. The Morgan fingerprint density at radius 3 is 2.38 bits per heavy atom. The van der Waals surface area contributed by atoms with E-state index in [2.05, 4.69) is 10.6 Å². The average Bonchev–Trinajstić information content (AvgIpc) is 2.60. The lowest BCUT2D eigenvalue weighted by Crippen LogP contribution is -2.14. The molecule has 0 aliphatic heterocycles. The van der Waals surface area contributed by atoms with Crippen molar-refractivity contribution in [1.29, 1.82) is 10.5 Å². The van der Waals surface area contributed by atoms with Crippen LogP contribution < -0.4 is 10.6 Å². The minimum Gasteiger partial charge on any atom is -0.359 e. The van der Waals surface area contributed by atoms with Gasteiger partial charge >= 0.3 is 0 Å². The highest BCUT2D eigenvalue weighted by Gasteiger charge is 2.12. The lowest BCUT2D eigenvalue weighted by Gasteiger charge is -2.12. The third kappa shape index (κ3) is 3.79. The van der Waals surface area contributed by atoms with Crippen molar-refractivity contribution in [2.75, 3.05) is 10.6 Å². The Bertz CT molecular complexity index is 869. The summed E-state index contributed by atoms with van der Waals surface area (Å²) in [5.41, 5.74) is 3.72. The molecule has 0 heterocycles. The maximum atomic E-state index is 12.6. The number of nitrogens with zero attached hydrogens (tertiary/aromatic N) is 2. The standard InChI is InChI=1S/C19H16N4O/c1-13-6-5-9-17(14(13)2)23-19(24)16-7-3-4-8-18(16)22-12-15(10-20)11-21/h3-9,12,22H,1-2H3,(H,23,24). The number of nitriles is 2. The van der Waals surface area contributed by atoms with Crippen LogP contribution in [0.1, 0.15) is 21.5 Å². The molecule has 0 aromatic heterocycles. The van der Waals surface area contributed by atoms with E-state index in [0.717, 1.165) is 16.8 Å². The van der Waals surface area contributed by atoms with Gasteiger partial charge < -0.3 is 10.6 Å². The van der Waals surface area contributed by atoms with Gasteiger partial charge in [-0.2, -0.15) is 10.5 Å². The van der Waals surface area contributed by atoms with Gasteiger partial charge in [0.2, 0.25) is 0 Å². The van der Waals surface area contributed by atoms with E-state index in [1.807, 2.05) is 32.0 Å². The van der Waals surface area contributed by atoms with Crippen LogP contribution in [-0.4, -0.2) is 5.91 Å². The van der Waals surface area contributed by atoms with Crippen molar-refractivity contribution >= 4 is 17.3 Å². The molecule has 0 aliphatic rings. The second-order valence-corrected chi connectivity index (χ2v) is 5.17. The smallest absolute Gasteiger partial charge is 0.257 e. The molecule has 1 amide bonds. The number of anilines is 2. The summed E-state index contributed by atoms with van der Waals surface area (Å²) in [6.45, 7) is 3.93. The van der Waals surface area contributed by atoms with Crippen molar-refractivity contribution in [2.45, 2.75) is 13.8 Å². The van der Waals surface area contributed by atoms with Crippen LogP contribution in [0, 0.1) is 36.5 Å². The largest absolute Gasteiger partial charge is 0.359 e. The van der Waals surface area contributed by atoms with Gasteiger partial charge in [-0.05, 0) is 43.2 Å². The summed E-state index contributed by atoms with van der Waals surface area (Å²) in [4.78, 5) is 12.6. The molecule has 2 aromatic carbocycles. The maximum Gasteiger partial charge on any atom is 0.257 e. The number of hydrogen-bond donors (Lipinski definition) is 2. The molecular weight excluding hydrogens is 300 g/mol. The quantitative estimate of drug-likeness (QED) is 0.837. The van der Waals surface area contributed by atoms with Gasteiger partial charge in [-0.15, -0.1) is 0 Å². The molecular formula is C19H16N4O. The first-order valence-electron chi connectivity index (χ1n) is 7.30. The zero-order chi connectivity index (χ0) is 17.5. The normalized spacial score (nSPS) is 9.33. The van der Waals surface area contributed by atoms with Crippen LogP contribution in [0.4, 0.5) is 11.4 Å². The molecule has 5 nitrogen and oxygen atoms in total. The maximum absolute atomic E-state index is 12.6. The molecule has 5 heteroatoms. The molecule has 24 heavy (non-hydrogen) atoms. The van der Waals surface area contributed by atoms with E-state index < -0.39 is 0 Å². The van der Waals surface area contributed by atoms with Crippen LogP contribution in [0.3, 0.4) is 0 Å². The predicted octanol–water partition coefficient (Wildman–Crippen LogP) is 3.90. The van der Waals surface area contributed by atoms with Crippen LogP contribution in [0.5, 0.6) is 0 Å². The molecule has 0 radical (unpaired) electrons. The van der Waals surface area contributed by atoms with E-state index in [1.54, 1.807) is 36.4 Å². The number of aryl methyl sites for hydroxylation is 1. The second-order valence-electron chi connectivity index (χ2n) is 5.17. The summed E-state index contributed by atoms with van der Waals surface area (Å²) in [7, 11) is 0. The molecule has 2 aromatic rings. The van der Waals surface area contributed by atoms with E-state index in [4.69, 9.17) is 10.5 Å². The van der Waals surface area contributed by atoms with E-state index in [0.29, 0.717) is 11.3 Å². The Morgan fingerprint density at radius 1 is 1.00 bits per heavy atom. The topological polar surface area (TPSA) is 88.7 Å². The molecule has 0 atom stereocenters. The van der Waals surface area contributed by atoms with E-state index in [9.17, 15) is 4.79 Å². The zero-order valence-electron chi connectivity index (χ0n) is 13.4. The zero-order valence-corrected chi connectivity index (χ0v) is 13.4. The van der Waals surface area contributed by atoms with E-state index >= 15 is 0 Å². The summed E-state index contributed by atoms with van der Waals surface area (Å²) in [5, 5.41) is 23.3. The highest BCUT2D eigenvalue weighted by atomic mass is 16.1. The third-order valence-corrected chi connectivity index (χ3v) is 3.64. The van der Waals surface area contributed by atoms with Crippen molar-refractivity contribution in [2.24, 2.45) is 0 Å². The third-order valence-electron chi connectivity index (χ3n) is 3.64. The Hall–Kier alpha value is -3.57. The highest BCUT2D eigenvalue weighted by molar-refractivity contribution is 6.08. The Morgan fingerprint density at radius 2 is 1.67 bits per heavy atom. The number of carbonyl (C=O) groups is 1. The van der Waals surface area contributed by atoms with Crippen molar-refractivity contribution < 1.29 is 4.79 Å². The Labute approximate surface area is 140 Å². The Balaban J connectivity index is 2.28. The SMILES string of the molecule is Cc1cccc(NC(=O)c2ccccc2NC=C(C#N)C#N)c1C. The first-order chi connectivity index (χ1) is 11.6. The number of para-hydroxylation sites is 1. The van der Waals surface area contributed by atoms with Crippen molar-refractivity contribution in [3.8, 4) is 12.1 Å². The predicted molar refractivity (Wildman–Crippen MR) is 93.2 cm³/mol. The van der Waals surface area contributed by atoms with Crippen LogP contribution in [0.25, 0.3) is 0 Å². The molecule has 0 unspecified atom stereocenters. The lowest BCUT2D eigenvalue weighted by molar-refractivity contribution is 0.102. The van der Waals surface area contributed by atoms with Gasteiger partial charge in [-0.1, -0.05) is 24.3 Å². The van der Waals surface area contributed by atoms with Gasteiger partial charge in [0.25, 0.3) is 5.91 Å². The van der Waals surface area contributed by atoms with Gasteiger partial charge in [0, 0.05) is 11.9 Å². The van der Waals surface area contributed by atoms with Gasteiger partial charge in [0.05, 0.1) is 11.3 Å². The average molecular weight is 316 g/mol. The number of benzene rings is 2. The van der Waals surface area contributed by atoms with Gasteiger partial charge in [0.1, 0.15) is 17.7 Å². The number of amides is 1. The van der Waals surface area contributed by atoms with Crippen molar-refractivity contribution in [3.63, 3.8) is 0 Å². The summed E-state index contributed by atoms with van der Waals surface area (Å²) in [6, 6.07) is 16.1. The van der Waals surface area contributed by atoms with E-state index in [-0.39, 0.29) is 11.5 Å². The molecule has 0 saturated carbocycles. The van der Waals surface area contributed by atoms with Crippen LogP contribution in [-0.2, 0) is 0 Å². The van der Waals surface area contributed by atoms with Crippen molar-refractivity contribution in [1.82, 2.24) is 0 Å². The summed E-state index contributed by atoms with van der Waals surface area (Å²) in [6.07, 6.45) is 1.28.